The summed E-state index contributed by atoms with van der Waals surface area (Å²) in [5.74, 6) is -1.06. The van der Waals surface area contributed by atoms with E-state index in [2.05, 4.69) is 10.6 Å². The van der Waals surface area contributed by atoms with Crippen LogP contribution in [-0.4, -0.2) is 44.7 Å². The van der Waals surface area contributed by atoms with E-state index in [0.29, 0.717) is 23.7 Å². The molecule has 1 heterocycles. The van der Waals surface area contributed by atoms with Crippen molar-refractivity contribution < 1.29 is 23.9 Å². The lowest BCUT2D eigenvalue weighted by molar-refractivity contribution is -0.149. The molecular weight excluding hydrogens is 380 g/mol. The van der Waals surface area contributed by atoms with Crippen molar-refractivity contribution in [3.8, 4) is 0 Å². The summed E-state index contributed by atoms with van der Waals surface area (Å²) in [4.78, 5) is 37.9. The van der Waals surface area contributed by atoms with Crippen LogP contribution >= 0.6 is 11.3 Å². The van der Waals surface area contributed by atoms with E-state index in [1.54, 1.807) is 7.11 Å². The monoisotopic (exact) mass is 410 g/mol. The largest absolute Gasteiger partial charge is 0.456 e. The lowest BCUT2D eigenvalue weighted by Gasteiger charge is -2.16. The topological polar surface area (TPSA) is 93.7 Å². The molecule has 0 atom stereocenters. The van der Waals surface area contributed by atoms with Crippen molar-refractivity contribution in [2.45, 2.75) is 52.9 Å². The molecule has 1 aliphatic rings. The fourth-order valence-corrected chi connectivity index (χ4v) is 4.34. The maximum atomic E-state index is 12.7. The molecule has 8 heteroatoms. The molecule has 0 saturated carbocycles. The van der Waals surface area contributed by atoms with Gasteiger partial charge in [0.15, 0.2) is 6.61 Å². The van der Waals surface area contributed by atoms with E-state index in [1.807, 2.05) is 20.8 Å². The van der Waals surface area contributed by atoms with Crippen molar-refractivity contribution in [3.05, 3.63) is 16.0 Å². The van der Waals surface area contributed by atoms with Crippen LogP contribution in [0.2, 0.25) is 0 Å². The van der Waals surface area contributed by atoms with Gasteiger partial charge in [0, 0.05) is 18.5 Å². The molecule has 0 fully saturated rings. The Bertz CT molecular complexity index is 721. The van der Waals surface area contributed by atoms with Crippen LogP contribution in [0.3, 0.4) is 0 Å². The van der Waals surface area contributed by atoms with Gasteiger partial charge in [0.05, 0.1) is 18.6 Å². The number of anilines is 1. The van der Waals surface area contributed by atoms with Crippen LogP contribution in [0.4, 0.5) is 5.00 Å². The summed E-state index contributed by atoms with van der Waals surface area (Å²) in [5, 5.41) is 6.13. The van der Waals surface area contributed by atoms with Gasteiger partial charge in [0.25, 0.3) is 11.8 Å². The third-order valence-electron chi connectivity index (χ3n) is 4.28. The Morgan fingerprint density at radius 2 is 1.86 bits per heavy atom. The highest BCUT2D eigenvalue weighted by molar-refractivity contribution is 7.17. The third kappa shape index (κ3) is 6.60. The predicted molar refractivity (Wildman–Crippen MR) is 109 cm³/mol. The van der Waals surface area contributed by atoms with Gasteiger partial charge in [-0.15, -0.1) is 11.3 Å². The number of esters is 1. The van der Waals surface area contributed by atoms with E-state index in [1.165, 1.54) is 11.3 Å². The molecule has 0 bridgehead atoms. The van der Waals surface area contributed by atoms with E-state index in [0.717, 1.165) is 36.1 Å². The maximum Gasteiger partial charge on any atom is 0.306 e. The molecule has 1 aliphatic carbocycles. The number of ether oxygens (including phenoxy) is 2. The third-order valence-corrected chi connectivity index (χ3v) is 5.49. The zero-order valence-electron chi connectivity index (χ0n) is 17.1. The minimum Gasteiger partial charge on any atom is -0.456 e. The van der Waals surface area contributed by atoms with Gasteiger partial charge in [-0.2, -0.15) is 0 Å². The quantitative estimate of drug-likeness (QED) is 0.508. The number of hydrogen-bond acceptors (Lipinski definition) is 6. The molecule has 0 saturated heterocycles. The molecule has 2 amide bonds. The average molecular weight is 411 g/mol. The lowest BCUT2D eigenvalue weighted by atomic mass is 9.92. The minimum absolute atomic E-state index is 0.201. The Balaban J connectivity index is 2.05. The molecule has 156 valence electrons. The fraction of sp³-hybridized carbons (Fsp3) is 0.650. The summed E-state index contributed by atoms with van der Waals surface area (Å²) in [6.07, 6.45) is 4.08. The first kappa shape index (κ1) is 22.4. The summed E-state index contributed by atoms with van der Waals surface area (Å²) in [7, 11) is 1.57. The lowest BCUT2D eigenvalue weighted by Crippen LogP contribution is -2.29. The highest BCUT2D eigenvalue weighted by Gasteiger charge is 2.26. The van der Waals surface area contributed by atoms with Gasteiger partial charge in [-0.3, -0.25) is 14.4 Å². The molecule has 28 heavy (non-hydrogen) atoms. The van der Waals surface area contributed by atoms with E-state index in [9.17, 15) is 14.4 Å². The number of fused-ring (bicyclic) bond motifs is 1. The second-order valence-corrected chi connectivity index (χ2v) is 9.22. The molecule has 0 aliphatic heterocycles. The van der Waals surface area contributed by atoms with Gasteiger partial charge < -0.3 is 20.1 Å². The Kier molecular flexibility index (Phi) is 8.00. The van der Waals surface area contributed by atoms with Gasteiger partial charge >= 0.3 is 5.97 Å². The summed E-state index contributed by atoms with van der Waals surface area (Å²) in [6.45, 7) is 6.25. The molecule has 2 rings (SSSR count). The summed E-state index contributed by atoms with van der Waals surface area (Å²) >= 11 is 1.44. The number of hydrogen-bond donors (Lipinski definition) is 2. The van der Waals surface area contributed by atoms with Crippen LogP contribution in [0.5, 0.6) is 0 Å². The zero-order valence-corrected chi connectivity index (χ0v) is 17.9. The van der Waals surface area contributed by atoms with Gasteiger partial charge in [0.1, 0.15) is 5.00 Å². The van der Waals surface area contributed by atoms with Gasteiger partial charge in [-0.05, 0) is 36.7 Å². The number of methoxy groups -OCH3 is 1. The van der Waals surface area contributed by atoms with Crippen molar-refractivity contribution in [3.63, 3.8) is 0 Å². The van der Waals surface area contributed by atoms with Gasteiger partial charge in [-0.25, -0.2) is 0 Å². The molecule has 0 aromatic carbocycles. The normalized spacial score (nSPS) is 13.6. The Morgan fingerprint density at radius 1 is 1.14 bits per heavy atom. The van der Waals surface area contributed by atoms with Crippen molar-refractivity contribution in [1.29, 1.82) is 0 Å². The molecule has 2 N–H and O–H groups in total. The number of rotatable bonds is 8. The van der Waals surface area contributed by atoms with Crippen LogP contribution < -0.4 is 10.6 Å². The number of carbonyl (C=O) groups is 3. The zero-order chi connectivity index (χ0) is 20.7. The number of carbonyl (C=O) groups excluding carboxylic acids is 3. The van der Waals surface area contributed by atoms with E-state index >= 15 is 0 Å². The molecule has 0 spiro atoms. The molecular formula is C20H30N2O5S. The summed E-state index contributed by atoms with van der Waals surface area (Å²) in [5.41, 5.74) is 1.35. The van der Waals surface area contributed by atoms with Crippen LogP contribution in [0.25, 0.3) is 0 Å². The molecule has 0 radical (unpaired) electrons. The van der Waals surface area contributed by atoms with Crippen LogP contribution in [0.1, 0.15) is 60.8 Å². The summed E-state index contributed by atoms with van der Waals surface area (Å²) in [6, 6.07) is 0. The second-order valence-electron chi connectivity index (χ2n) is 8.11. The van der Waals surface area contributed by atoms with E-state index in [4.69, 9.17) is 9.47 Å². The Labute approximate surface area is 170 Å². The highest BCUT2D eigenvalue weighted by atomic mass is 32.1. The Morgan fingerprint density at radius 3 is 2.54 bits per heavy atom. The second kappa shape index (κ2) is 10.0. The smallest absolute Gasteiger partial charge is 0.306 e. The first-order valence-electron chi connectivity index (χ1n) is 9.58. The van der Waals surface area contributed by atoms with Crippen molar-refractivity contribution in [2.75, 3.05) is 32.2 Å². The van der Waals surface area contributed by atoms with E-state index in [-0.39, 0.29) is 24.3 Å². The first-order valence-corrected chi connectivity index (χ1v) is 10.4. The SMILES string of the molecule is COCCNC(=O)c1c(NC(=O)COC(=O)CC(C)(C)C)sc2c1CCCC2. The van der Waals surface area contributed by atoms with Crippen molar-refractivity contribution in [2.24, 2.45) is 5.41 Å². The minimum atomic E-state index is -0.438. The maximum absolute atomic E-state index is 12.7. The standard InChI is InChI=1S/C20H30N2O5S/c1-20(2,3)11-16(24)27-12-15(23)22-19-17(18(25)21-9-10-26-4)13-7-5-6-8-14(13)28-19/h5-12H2,1-4H3,(H,21,25)(H,22,23). The van der Waals surface area contributed by atoms with Gasteiger partial charge in [0.2, 0.25) is 0 Å². The predicted octanol–water partition coefficient (Wildman–Crippen LogP) is 2.92. The molecule has 7 nitrogen and oxygen atoms in total. The summed E-state index contributed by atoms with van der Waals surface area (Å²) < 4.78 is 10.0. The molecule has 0 unspecified atom stereocenters. The Hall–Kier alpha value is -1.93. The van der Waals surface area contributed by atoms with Crippen molar-refractivity contribution >= 4 is 34.1 Å². The van der Waals surface area contributed by atoms with E-state index < -0.39 is 11.9 Å². The fourth-order valence-electron chi connectivity index (χ4n) is 3.04. The highest BCUT2D eigenvalue weighted by Crippen LogP contribution is 2.38. The van der Waals surface area contributed by atoms with Crippen LogP contribution in [-0.2, 0) is 31.9 Å². The van der Waals surface area contributed by atoms with Gasteiger partial charge in [-0.1, -0.05) is 20.8 Å². The van der Waals surface area contributed by atoms with Crippen LogP contribution in [0.15, 0.2) is 0 Å². The molecule has 1 aromatic heterocycles. The number of amides is 2. The number of nitrogens with one attached hydrogen (secondary N) is 2. The van der Waals surface area contributed by atoms with Crippen molar-refractivity contribution in [1.82, 2.24) is 5.32 Å². The average Bonchev–Trinajstić information content (AvgIpc) is 2.96. The number of aryl methyl sites for hydroxylation is 1. The first-order chi connectivity index (χ1) is 13.2. The van der Waals surface area contributed by atoms with Crippen LogP contribution in [0, 0.1) is 5.41 Å². The number of thiophene rings is 1. The molecule has 1 aromatic rings.